The van der Waals surface area contributed by atoms with Crippen LogP contribution in [-0.4, -0.2) is 14.2 Å². The molecule has 0 atom stereocenters. The van der Waals surface area contributed by atoms with Gasteiger partial charge in [0.25, 0.3) is 0 Å². The van der Waals surface area contributed by atoms with E-state index in [4.69, 9.17) is 9.47 Å². The van der Waals surface area contributed by atoms with Gasteiger partial charge in [0.15, 0.2) is 0 Å². The van der Waals surface area contributed by atoms with Crippen LogP contribution < -0.4 is 9.47 Å². The van der Waals surface area contributed by atoms with Gasteiger partial charge in [0.2, 0.25) is 0 Å². The standard InChI is InChI=1S/C32H26O2/c1-33-29-18-14-25(15-19-29)31(24-9-4-3-5-10-24)32(26-16-20-30(34-2)21-17-26)28-13-12-23-8-6-7-11-27(23)22-28/h3-22H,1-2H3/b32-31-. The zero-order valence-electron chi connectivity index (χ0n) is 19.4. The second-order valence-electron chi connectivity index (χ2n) is 8.13. The second kappa shape index (κ2) is 9.68. The van der Waals surface area contributed by atoms with Crippen LogP contribution in [0.5, 0.6) is 11.5 Å². The van der Waals surface area contributed by atoms with E-state index in [2.05, 4.69) is 97.1 Å². The molecule has 5 aromatic carbocycles. The molecule has 0 bridgehead atoms. The summed E-state index contributed by atoms with van der Waals surface area (Å²) in [6.45, 7) is 0. The molecule has 0 heterocycles. The van der Waals surface area contributed by atoms with E-state index in [1.807, 2.05) is 24.3 Å². The highest BCUT2D eigenvalue weighted by Gasteiger charge is 2.17. The van der Waals surface area contributed by atoms with Crippen molar-refractivity contribution < 1.29 is 9.47 Å². The summed E-state index contributed by atoms with van der Waals surface area (Å²) in [6, 6.07) is 42.4. The quantitative estimate of drug-likeness (QED) is 0.249. The minimum Gasteiger partial charge on any atom is -0.497 e. The van der Waals surface area contributed by atoms with E-state index < -0.39 is 0 Å². The number of benzene rings is 5. The van der Waals surface area contributed by atoms with Crippen molar-refractivity contribution in [3.05, 3.63) is 144 Å². The minimum absolute atomic E-state index is 0.840. The van der Waals surface area contributed by atoms with E-state index in [-0.39, 0.29) is 0 Å². The Hall–Kier alpha value is -4.30. The molecule has 2 nitrogen and oxygen atoms in total. The first kappa shape index (κ1) is 21.5. The van der Waals surface area contributed by atoms with Gasteiger partial charge in [-0.2, -0.15) is 0 Å². The number of rotatable bonds is 6. The van der Waals surface area contributed by atoms with Crippen molar-refractivity contribution in [3.63, 3.8) is 0 Å². The first-order valence-corrected chi connectivity index (χ1v) is 11.3. The van der Waals surface area contributed by atoms with Crippen LogP contribution in [0, 0.1) is 0 Å². The fourth-order valence-corrected chi connectivity index (χ4v) is 4.38. The smallest absolute Gasteiger partial charge is 0.118 e. The third-order valence-corrected chi connectivity index (χ3v) is 6.11. The van der Waals surface area contributed by atoms with Crippen LogP contribution in [0.2, 0.25) is 0 Å². The summed E-state index contributed by atoms with van der Waals surface area (Å²) in [5, 5.41) is 2.44. The first-order valence-electron chi connectivity index (χ1n) is 11.3. The Morgan fingerprint density at radius 1 is 0.412 bits per heavy atom. The van der Waals surface area contributed by atoms with E-state index in [1.165, 1.54) is 27.5 Å². The predicted octanol–water partition coefficient (Wildman–Crippen LogP) is 7.86. The van der Waals surface area contributed by atoms with Gasteiger partial charge in [0.1, 0.15) is 11.5 Å². The van der Waals surface area contributed by atoms with Gasteiger partial charge in [-0.3, -0.25) is 0 Å². The van der Waals surface area contributed by atoms with E-state index in [1.54, 1.807) is 14.2 Å². The van der Waals surface area contributed by atoms with Gasteiger partial charge in [-0.05, 0) is 74.5 Å². The van der Waals surface area contributed by atoms with Crippen molar-refractivity contribution in [2.75, 3.05) is 14.2 Å². The first-order chi connectivity index (χ1) is 16.8. The van der Waals surface area contributed by atoms with E-state index in [9.17, 15) is 0 Å². The summed E-state index contributed by atoms with van der Waals surface area (Å²) < 4.78 is 10.9. The van der Waals surface area contributed by atoms with E-state index >= 15 is 0 Å². The van der Waals surface area contributed by atoms with Gasteiger partial charge in [0.05, 0.1) is 14.2 Å². The Balaban J connectivity index is 1.84. The lowest BCUT2D eigenvalue weighted by Crippen LogP contribution is -1.98. The molecule has 0 fully saturated rings. The average molecular weight is 443 g/mol. The van der Waals surface area contributed by atoms with E-state index in [0.29, 0.717) is 0 Å². The Kier molecular flexibility index (Phi) is 6.13. The lowest BCUT2D eigenvalue weighted by Gasteiger charge is -2.19. The maximum atomic E-state index is 5.44. The number of fused-ring (bicyclic) bond motifs is 1. The third kappa shape index (κ3) is 4.31. The molecule has 0 aliphatic carbocycles. The average Bonchev–Trinajstić information content (AvgIpc) is 2.92. The molecule has 166 valence electrons. The zero-order chi connectivity index (χ0) is 23.3. The molecule has 0 spiro atoms. The fourth-order valence-electron chi connectivity index (χ4n) is 4.38. The van der Waals surface area contributed by atoms with Crippen molar-refractivity contribution in [3.8, 4) is 11.5 Å². The summed E-state index contributed by atoms with van der Waals surface area (Å²) in [5.41, 5.74) is 6.93. The molecule has 2 heteroatoms. The molecule has 0 aromatic heterocycles. The molecule has 0 N–H and O–H groups in total. The van der Waals surface area contributed by atoms with Crippen LogP contribution in [0.15, 0.2) is 121 Å². The van der Waals surface area contributed by atoms with Crippen molar-refractivity contribution in [2.45, 2.75) is 0 Å². The number of hydrogen-bond acceptors (Lipinski definition) is 2. The summed E-state index contributed by atoms with van der Waals surface area (Å²) in [6.07, 6.45) is 0. The summed E-state index contributed by atoms with van der Waals surface area (Å²) in [7, 11) is 3.39. The van der Waals surface area contributed by atoms with Crippen LogP contribution in [0.4, 0.5) is 0 Å². The monoisotopic (exact) mass is 442 g/mol. The van der Waals surface area contributed by atoms with Gasteiger partial charge in [-0.15, -0.1) is 0 Å². The number of hydrogen-bond donors (Lipinski definition) is 0. The van der Waals surface area contributed by atoms with Gasteiger partial charge >= 0.3 is 0 Å². The van der Waals surface area contributed by atoms with Gasteiger partial charge in [0, 0.05) is 0 Å². The highest BCUT2D eigenvalue weighted by atomic mass is 16.5. The maximum absolute atomic E-state index is 5.44. The molecule has 0 saturated heterocycles. The molecule has 0 amide bonds. The molecule has 0 saturated carbocycles. The SMILES string of the molecule is COc1ccc(/C(=C(/c2ccc(OC)cc2)c2ccc3ccccc3c2)c2ccccc2)cc1. The molecular weight excluding hydrogens is 416 g/mol. The maximum Gasteiger partial charge on any atom is 0.118 e. The molecule has 5 rings (SSSR count). The van der Waals surface area contributed by atoms with Crippen molar-refractivity contribution >= 4 is 21.9 Å². The van der Waals surface area contributed by atoms with Crippen LogP contribution in [0.25, 0.3) is 21.9 Å². The summed E-state index contributed by atoms with van der Waals surface area (Å²) >= 11 is 0. The van der Waals surface area contributed by atoms with E-state index in [0.717, 1.165) is 28.2 Å². The molecule has 34 heavy (non-hydrogen) atoms. The Morgan fingerprint density at radius 3 is 1.41 bits per heavy atom. The molecule has 0 radical (unpaired) electrons. The lowest BCUT2D eigenvalue weighted by atomic mass is 9.85. The van der Waals surface area contributed by atoms with Crippen LogP contribution in [0.3, 0.4) is 0 Å². The summed E-state index contributed by atoms with van der Waals surface area (Å²) in [4.78, 5) is 0. The minimum atomic E-state index is 0.840. The number of methoxy groups -OCH3 is 2. The normalized spacial score (nSPS) is 11.7. The molecule has 0 aliphatic rings. The van der Waals surface area contributed by atoms with Crippen molar-refractivity contribution in [1.82, 2.24) is 0 Å². The molecular formula is C32H26O2. The molecule has 0 unspecified atom stereocenters. The topological polar surface area (TPSA) is 18.5 Å². The van der Waals surface area contributed by atoms with Gasteiger partial charge < -0.3 is 9.47 Å². The highest BCUT2D eigenvalue weighted by Crippen LogP contribution is 2.38. The van der Waals surface area contributed by atoms with Crippen LogP contribution in [0.1, 0.15) is 22.3 Å². The molecule has 0 aliphatic heterocycles. The fraction of sp³-hybridized carbons (Fsp3) is 0.0625. The lowest BCUT2D eigenvalue weighted by molar-refractivity contribution is 0.414. The van der Waals surface area contributed by atoms with Gasteiger partial charge in [-0.1, -0.05) is 91.0 Å². The highest BCUT2D eigenvalue weighted by molar-refractivity contribution is 6.05. The predicted molar refractivity (Wildman–Crippen MR) is 141 cm³/mol. The largest absolute Gasteiger partial charge is 0.497 e. The number of ether oxygens (including phenoxy) is 2. The van der Waals surface area contributed by atoms with Crippen molar-refractivity contribution in [1.29, 1.82) is 0 Å². The third-order valence-electron chi connectivity index (χ3n) is 6.11. The van der Waals surface area contributed by atoms with Crippen LogP contribution >= 0.6 is 0 Å². The Bertz CT molecular complexity index is 1430. The zero-order valence-corrected chi connectivity index (χ0v) is 19.4. The Labute approximate surface area is 200 Å². The van der Waals surface area contributed by atoms with Gasteiger partial charge in [-0.25, -0.2) is 0 Å². The van der Waals surface area contributed by atoms with Crippen LogP contribution in [-0.2, 0) is 0 Å². The summed E-state index contributed by atoms with van der Waals surface area (Å²) in [5.74, 6) is 1.68. The Morgan fingerprint density at radius 2 is 0.853 bits per heavy atom. The molecule has 5 aromatic rings. The second-order valence-corrected chi connectivity index (χ2v) is 8.13. The van der Waals surface area contributed by atoms with Crippen molar-refractivity contribution in [2.24, 2.45) is 0 Å².